The van der Waals surface area contributed by atoms with Crippen LogP contribution in [0.5, 0.6) is 11.5 Å². The van der Waals surface area contributed by atoms with Gasteiger partial charge < -0.3 is 35.8 Å². The number of carbonyl (C=O) groups excluding carboxylic acids is 4. The molecule has 0 aromatic heterocycles. The second kappa shape index (κ2) is 14.8. The average molecular weight is 593 g/mol. The van der Waals surface area contributed by atoms with Gasteiger partial charge in [-0.25, -0.2) is 4.39 Å². The molecule has 1 aliphatic rings. The van der Waals surface area contributed by atoms with Crippen molar-refractivity contribution < 1.29 is 38.5 Å². The van der Waals surface area contributed by atoms with Crippen LogP contribution in [0.2, 0.25) is 0 Å². The lowest BCUT2D eigenvalue weighted by molar-refractivity contribution is -0.139. The zero-order valence-corrected chi connectivity index (χ0v) is 23.3. The van der Waals surface area contributed by atoms with Gasteiger partial charge in [0.15, 0.2) is 0 Å². The monoisotopic (exact) mass is 592 g/mol. The fourth-order valence-electron chi connectivity index (χ4n) is 4.53. The fourth-order valence-corrected chi connectivity index (χ4v) is 4.53. The Balaban J connectivity index is 1.42. The van der Waals surface area contributed by atoms with Crippen molar-refractivity contribution in [3.63, 3.8) is 0 Å². The quantitative estimate of drug-likeness (QED) is 0.225. The van der Waals surface area contributed by atoms with Crippen LogP contribution in [0.4, 0.5) is 4.39 Å². The Morgan fingerprint density at radius 2 is 1.30 bits per heavy atom. The van der Waals surface area contributed by atoms with Crippen LogP contribution in [-0.2, 0) is 32.0 Å². The summed E-state index contributed by atoms with van der Waals surface area (Å²) in [6.45, 7) is 1.05. The summed E-state index contributed by atoms with van der Waals surface area (Å²) in [4.78, 5) is 53.9. The third-order valence-electron chi connectivity index (χ3n) is 6.86. The Hall–Kier alpha value is -4.97. The maximum absolute atomic E-state index is 13.3. The topological polar surface area (TPSA) is 157 Å². The minimum atomic E-state index is -1.11. The molecule has 4 amide bonds. The van der Waals surface area contributed by atoms with E-state index >= 15 is 0 Å². The molecule has 0 unspecified atom stereocenters. The molecule has 0 aliphatic carbocycles. The van der Waals surface area contributed by atoms with Gasteiger partial charge in [-0.05, 0) is 59.7 Å². The van der Waals surface area contributed by atoms with Crippen LogP contribution >= 0.6 is 0 Å². The summed E-state index contributed by atoms with van der Waals surface area (Å²) in [5.41, 5.74) is 1.49. The van der Waals surface area contributed by atoms with Crippen LogP contribution in [0.25, 0.3) is 0 Å². The smallest absolute Gasteiger partial charge is 0.251 e. The number of amides is 4. The molecule has 4 rings (SSSR count). The molecule has 43 heavy (non-hydrogen) atoms. The Morgan fingerprint density at radius 3 is 1.86 bits per heavy atom. The molecule has 3 aromatic carbocycles. The van der Waals surface area contributed by atoms with Gasteiger partial charge in [-0.1, -0.05) is 24.3 Å². The van der Waals surface area contributed by atoms with E-state index in [9.17, 15) is 33.8 Å². The van der Waals surface area contributed by atoms with E-state index in [0.717, 1.165) is 12.1 Å². The molecule has 226 valence electrons. The van der Waals surface area contributed by atoms with E-state index in [1.54, 1.807) is 29.2 Å². The molecule has 2 atom stereocenters. The molecule has 1 aliphatic heterocycles. The molecule has 5 N–H and O–H groups in total. The van der Waals surface area contributed by atoms with Gasteiger partial charge in [0.2, 0.25) is 17.7 Å². The number of benzene rings is 3. The number of ether oxygens (including phenoxy) is 1. The molecule has 3 aromatic rings. The van der Waals surface area contributed by atoms with Crippen molar-refractivity contribution in [1.82, 2.24) is 20.9 Å². The van der Waals surface area contributed by atoms with Crippen molar-refractivity contribution in [3.05, 3.63) is 95.3 Å². The first kappa shape index (κ1) is 31.0. The first-order chi connectivity index (χ1) is 20.7. The number of hydrogen-bond donors (Lipinski definition) is 5. The van der Waals surface area contributed by atoms with E-state index in [1.165, 1.54) is 36.4 Å². The van der Waals surface area contributed by atoms with E-state index < -0.39 is 42.2 Å². The molecule has 0 saturated carbocycles. The van der Waals surface area contributed by atoms with Crippen LogP contribution in [0.1, 0.15) is 21.5 Å². The summed E-state index contributed by atoms with van der Waals surface area (Å²) < 4.78 is 18.7. The third kappa shape index (κ3) is 9.27. The third-order valence-corrected chi connectivity index (χ3v) is 6.86. The van der Waals surface area contributed by atoms with Crippen LogP contribution in [-0.4, -0.2) is 83.7 Å². The number of phenols is 2. The normalized spacial score (nSPS) is 14.3. The Bertz CT molecular complexity index is 1410. The van der Waals surface area contributed by atoms with E-state index in [4.69, 9.17) is 4.74 Å². The van der Waals surface area contributed by atoms with Crippen molar-refractivity contribution in [1.29, 1.82) is 0 Å². The molecular formula is C31H33FN4O7. The summed E-state index contributed by atoms with van der Waals surface area (Å²) in [5, 5.41) is 27.0. The van der Waals surface area contributed by atoms with Gasteiger partial charge in [-0.2, -0.15) is 0 Å². The Labute approximate surface area is 247 Å². The van der Waals surface area contributed by atoms with E-state index in [2.05, 4.69) is 16.0 Å². The predicted molar refractivity (Wildman–Crippen MR) is 154 cm³/mol. The maximum atomic E-state index is 13.3. The lowest BCUT2D eigenvalue weighted by Gasteiger charge is -2.31. The van der Waals surface area contributed by atoms with Crippen LogP contribution < -0.4 is 16.0 Å². The summed E-state index contributed by atoms with van der Waals surface area (Å²) in [5.74, 6) is -2.61. The predicted octanol–water partition coefficient (Wildman–Crippen LogP) is 1.28. The minimum Gasteiger partial charge on any atom is -0.508 e. The molecular weight excluding hydrogens is 559 g/mol. The number of aromatic hydroxyl groups is 2. The second-order valence-corrected chi connectivity index (χ2v) is 10.0. The highest BCUT2D eigenvalue weighted by atomic mass is 19.1. The molecule has 1 saturated heterocycles. The number of hydrogen-bond acceptors (Lipinski definition) is 7. The lowest BCUT2D eigenvalue weighted by atomic mass is 10.0. The van der Waals surface area contributed by atoms with Gasteiger partial charge in [-0.3, -0.25) is 19.2 Å². The zero-order valence-electron chi connectivity index (χ0n) is 23.3. The molecule has 1 heterocycles. The molecule has 0 bridgehead atoms. The molecule has 0 spiro atoms. The van der Waals surface area contributed by atoms with Crippen molar-refractivity contribution in [2.45, 2.75) is 24.9 Å². The van der Waals surface area contributed by atoms with Crippen molar-refractivity contribution in [2.75, 3.05) is 32.8 Å². The highest BCUT2D eigenvalue weighted by Gasteiger charge is 2.28. The van der Waals surface area contributed by atoms with Crippen LogP contribution in [0.3, 0.4) is 0 Å². The van der Waals surface area contributed by atoms with Gasteiger partial charge in [0.25, 0.3) is 5.91 Å². The average Bonchev–Trinajstić information content (AvgIpc) is 3.01. The Kier molecular flexibility index (Phi) is 10.6. The first-order valence-corrected chi connectivity index (χ1v) is 13.7. The maximum Gasteiger partial charge on any atom is 0.251 e. The number of rotatable bonds is 11. The van der Waals surface area contributed by atoms with Crippen LogP contribution in [0.15, 0.2) is 72.8 Å². The van der Waals surface area contributed by atoms with Gasteiger partial charge in [0.05, 0.1) is 19.8 Å². The van der Waals surface area contributed by atoms with Crippen molar-refractivity contribution in [2.24, 2.45) is 0 Å². The van der Waals surface area contributed by atoms with Gasteiger partial charge in [0, 0.05) is 31.5 Å². The summed E-state index contributed by atoms with van der Waals surface area (Å²) in [7, 11) is 0. The Morgan fingerprint density at radius 1 is 0.767 bits per heavy atom. The largest absolute Gasteiger partial charge is 0.508 e. The highest BCUT2D eigenvalue weighted by Crippen LogP contribution is 2.14. The zero-order chi connectivity index (χ0) is 30.8. The summed E-state index contributed by atoms with van der Waals surface area (Å²) >= 11 is 0. The minimum absolute atomic E-state index is 0.0326. The number of nitrogens with one attached hydrogen (secondary N) is 3. The molecule has 11 nitrogen and oxygen atoms in total. The van der Waals surface area contributed by atoms with Crippen molar-refractivity contribution in [3.8, 4) is 11.5 Å². The SMILES string of the molecule is O=C(CNC(=O)[C@H](Cc1ccc(O)cc1)NC(=O)c1ccc(F)cc1)N[C@@H](Cc1ccc(O)cc1)C(=O)N1CCOCC1. The second-order valence-electron chi connectivity index (χ2n) is 10.0. The lowest BCUT2D eigenvalue weighted by Crippen LogP contribution is -2.55. The number of halogens is 1. The van der Waals surface area contributed by atoms with Gasteiger partial charge >= 0.3 is 0 Å². The van der Waals surface area contributed by atoms with E-state index in [1.807, 2.05) is 0 Å². The number of phenolic OH excluding ortho intramolecular Hbond substituents is 2. The van der Waals surface area contributed by atoms with Crippen LogP contribution in [0, 0.1) is 5.82 Å². The first-order valence-electron chi connectivity index (χ1n) is 13.7. The molecule has 1 fully saturated rings. The summed E-state index contributed by atoms with van der Waals surface area (Å²) in [6.07, 6.45) is 0.201. The fraction of sp³-hybridized carbons (Fsp3) is 0.290. The highest BCUT2D eigenvalue weighted by molar-refractivity contribution is 5.98. The van der Waals surface area contributed by atoms with E-state index in [0.29, 0.717) is 37.4 Å². The van der Waals surface area contributed by atoms with E-state index in [-0.39, 0.29) is 35.8 Å². The van der Waals surface area contributed by atoms with Gasteiger partial charge in [-0.15, -0.1) is 0 Å². The van der Waals surface area contributed by atoms with Crippen molar-refractivity contribution >= 4 is 23.6 Å². The standard InChI is InChI=1S/C31H33FN4O7/c32-23-7-5-22(6-8-23)29(40)35-26(17-20-1-9-24(37)10-2-20)30(41)33-19-28(39)34-27(18-21-3-11-25(38)12-4-21)31(42)36-13-15-43-16-14-36/h1-12,26-27,37-38H,13-19H2,(H,33,41)(H,34,39)(H,35,40)/t26-,27-/m0/s1. The number of nitrogens with zero attached hydrogens (tertiary/aromatic N) is 1. The van der Waals surface area contributed by atoms with Gasteiger partial charge in [0.1, 0.15) is 29.4 Å². The number of morpholine rings is 1. The molecule has 12 heteroatoms. The summed E-state index contributed by atoms with van der Waals surface area (Å²) in [6, 6.07) is 15.1. The molecule has 0 radical (unpaired) electrons. The number of carbonyl (C=O) groups is 4.